The Kier molecular flexibility index (Phi) is 5.51. The molecule has 0 atom stereocenters. The monoisotopic (exact) mass is 367 g/mol. The van der Waals surface area contributed by atoms with Gasteiger partial charge in [0.25, 0.3) is 0 Å². The number of amides is 1. The molecule has 1 amide bonds. The molecule has 7 nitrogen and oxygen atoms in total. The summed E-state index contributed by atoms with van der Waals surface area (Å²) in [6.07, 6.45) is 0.166. The Morgan fingerprint density at radius 2 is 1.93 bits per heavy atom. The van der Waals surface area contributed by atoms with Gasteiger partial charge in [0.15, 0.2) is 0 Å². The van der Waals surface area contributed by atoms with Crippen LogP contribution in [0.4, 0.5) is 10.5 Å². The molecule has 0 radical (unpaired) electrons. The molecule has 0 aliphatic rings. The number of ether oxygens (including phenoxy) is 2. The topological polar surface area (TPSA) is 94.8 Å². The molecular formula is C20H17NO6. The molecule has 0 spiro atoms. The van der Waals surface area contributed by atoms with E-state index in [-0.39, 0.29) is 13.2 Å². The predicted molar refractivity (Wildman–Crippen MR) is 99.3 cm³/mol. The molecule has 3 rings (SSSR count). The van der Waals surface area contributed by atoms with E-state index in [0.717, 1.165) is 6.29 Å². The quantitative estimate of drug-likeness (QED) is 0.527. The van der Waals surface area contributed by atoms with Crippen LogP contribution in [0.25, 0.3) is 11.0 Å². The third-order valence-electron chi connectivity index (χ3n) is 3.76. The van der Waals surface area contributed by atoms with Crippen LogP contribution in [0.3, 0.4) is 0 Å². The summed E-state index contributed by atoms with van der Waals surface area (Å²) in [7, 11) is 0. The lowest BCUT2D eigenvalue weighted by Crippen LogP contribution is -2.13. The maximum atomic E-state index is 11.9. The average Bonchev–Trinajstić information content (AvgIpc) is 2.66. The van der Waals surface area contributed by atoms with Gasteiger partial charge in [0.1, 0.15) is 24.2 Å². The Balaban J connectivity index is 1.83. The van der Waals surface area contributed by atoms with Gasteiger partial charge in [-0.1, -0.05) is 0 Å². The standard InChI is InChI=1S/C20H17NO6/c1-2-25-20(24)21-15-5-8-17-14(9-19(23)27-18(17)10-15)12-26-16-6-3-13(11-22)4-7-16/h3-11H,2,12H2,1H3,(H,21,24). The summed E-state index contributed by atoms with van der Waals surface area (Å²) in [6.45, 7) is 2.11. The van der Waals surface area contributed by atoms with Gasteiger partial charge in [-0.3, -0.25) is 10.1 Å². The Hall–Kier alpha value is -3.61. The Bertz CT molecular complexity index is 1020. The maximum absolute atomic E-state index is 11.9. The van der Waals surface area contributed by atoms with E-state index in [0.29, 0.717) is 33.5 Å². The van der Waals surface area contributed by atoms with E-state index in [9.17, 15) is 14.4 Å². The van der Waals surface area contributed by atoms with Crippen LogP contribution in [0, 0.1) is 0 Å². The number of rotatable bonds is 6. The molecule has 0 bridgehead atoms. The molecule has 1 heterocycles. The first-order valence-electron chi connectivity index (χ1n) is 8.27. The second kappa shape index (κ2) is 8.18. The second-order valence-corrected chi connectivity index (χ2v) is 5.62. The van der Waals surface area contributed by atoms with Crippen molar-refractivity contribution in [3.8, 4) is 5.75 Å². The fourth-order valence-electron chi connectivity index (χ4n) is 2.52. The molecule has 0 aliphatic heterocycles. The van der Waals surface area contributed by atoms with Crippen LogP contribution in [-0.4, -0.2) is 19.0 Å². The van der Waals surface area contributed by atoms with Crippen LogP contribution in [0.15, 0.2) is 57.7 Å². The number of hydrogen-bond acceptors (Lipinski definition) is 6. The first kappa shape index (κ1) is 18.2. The summed E-state index contributed by atoms with van der Waals surface area (Å²) in [5, 5.41) is 3.25. The van der Waals surface area contributed by atoms with E-state index in [1.807, 2.05) is 0 Å². The molecule has 0 fully saturated rings. The van der Waals surface area contributed by atoms with Crippen LogP contribution < -0.4 is 15.7 Å². The molecule has 27 heavy (non-hydrogen) atoms. The van der Waals surface area contributed by atoms with Crippen molar-refractivity contribution < 1.29 is 23.5 Å². The molecule has 0 saturated carbocycles. The van der Waals surface area contributed by atoms with Gasteiger partial charge in [0, 0.05) is 34.3 Å². The minimum absolute atomic E-state index is 0.146. The third kappa shape index (κ3) is 4.52. The molecule has 138 valence electrons. The van der Waals surface area contributed by atoms with Crippen molar-refractivity contribution >= 4 is 29.0 Å². The summed E-state index contributed by atoms with van der Waals surface area (Å²) < 4.78 is 15.7. The number of fused-ring (bicyclic) bond motifs is 1. The van der Waals surface area contributed by atoms with Crippen LogP contribution >= 0.6 is 0 Å². The van der Waals surface area contributed by atoms with Crippen LogP contribution in [0.2, 0.25) is 0 Å². The summed E-state index contributed by atoms with van der Waals surface area (Å²) in [5.74, 6) is 0.572. The number of carbonyl (C=O) groups is 2. The van der Waals surface area contributed by atoms with Crippen molar-refractivity contribution in [2.24, 2.45) is 0 Å². The lowest BCUT2D eigenvalue weighted by molar-refractivity contribution is 0.112. The van der Waals surface area contributed by atoms with E-state index in [1.165, 1.54) is 6.07 Å². The summed E-state index contributed by atoms with van der Waals surface area (Å²) in [5.41, 5.74) is 1.45. The highest BCUT2D eigenvalue weighted by Crippen LogP contribution is 2.23. The van der Waals surface area contributed by atoms with Gasteiger partial charge in [0.2, 0.25) is 0 Å². The van der Waals surface area contributed by atoms with Crippen molar-refractivity contribution in [2.75, 3.05) is 11.9 Å². The number of benzene rings is 2. The minimum atomic E-state index is -0.586. The van der Waals surface area contributed by atoms with Gasteiger partial charge in [-0.15, -0.1) is 0 Å². The molecule has 1 N–H and O–H groups in total. The summed E-state index contributed by atoms with van der Waals surface area (Å²) in [6, 6.07) is 13.0. The van der Waals surface area contributed by atoms with Crippen molar-refractivity contribution in [3.63, 3.8) is 0 Å². The fraction of sp³-hybridized carbons (Fsp3) is 0.150. The molecule has 2 aromatic carbocycles. The van der Waals surface area contributed by atoms with Crippen molar-refractivity contribution in [1.82, 2.24) is 0 Å². The molecular weight excluding hydrogens is 350 g/mol. The van der Waals surface area contributed by atoms with Crippen LogP contribution in [-0.2, 0) is 11.3 Å². The largest absolute Gasteiger partial charge is 0.489 e. The predicted octanol–water partition coefficient (Wildman–Crippen LogP) is 3.75. The molecule has 3 aromatic rings. The maximum Gasteiger partial charge on any atom is 0.411 e. The van der Waals surface area contributed by atoms with E-state index in [1.54, 1.807) is 49.4 Å². The molecule has 0 saturated heterocycles. The lowest BCUT2D eigenvalue weighted by Gasteiger charge is -2.10. The SMILES string of the molecule is CCOC(=O)Nc1ccc2c(COc3ccc(C=O)cc3)cc(=O)oc2c1. The number of hydrogen-bond donors (Lipinski definition) is 1. The van der Waals surface area contributed by atoms with Crippen molar-refractivity contribution in [1.29, 1.82) is 0 Å². The van der Waals surface area contributed by atoms with Crippen LogP contribution in [0.1, 0.15) is 22.8 Å². The molecule has 0 unspecified atom stereocenters. The van der Waals surface area contributed by atoms with E-state index >= 15 is 0 Å². The number of carbonyl (C=O) groups excluding carboxylic acids is 2. The number of nitrogens with one attached hydrogen (secondary N) is 1. The highest BCUT2D eigenvalue weighted by Gasteiger charge is 2.09. The fourth-order valence-corrected chi connectivity index (χ4v) is 2.52. The van der Waals surface area contributed by atoms with Gasteiger partial charge in [-0.2, -0.15) is 0 Å². The summed E-state index contributed by atoms with van der Waals surface area (Å²) >= 11 is 0. The van der Waals surface area contributed by atoms with Gasteiger partial charge in [-0.25, -0.2) is 9.59 Å². The highest BCUT2D eigenvalue weighted by atomic mass is 16.5. The van der Waals surface area contributed by atoms with E-state index in [2.05, 4.69) is 5.32 Å². The van der Waals surface area contributed by atoms with Gasteiger partial charge in [-0.05, 0) is 43.3 Å². The van der Waals surface area contributed by atoms with Crippen molar-refractivity contribution in [3.05, 3.63) is 70.1 Å². The zero-order valence-electron chi connectivity index (χ0n) is 14.6. The van der Waals surface area contributed by atoms with Gasteiger partial charge >= 0.3 is 11.7 Å². The zero-order valence-corrected chi connectivity index (χ0v) is 14.6. The zero-order chi connectivity index (χ0) is 19.2. The van der Waals surface area contributed by atoms with Crippen molar-refractivity contribution in [2.45, 2.75) is 13.5 Å². The molecule has 0 aliphatic carbocycles. The molecule has 1 aromatic heterocycles. The number of aldehydes is 1. The Morgan fingerprint density at radius 1 is 1.15 bits per heavy atom. The Morgan fingerprint density at radius 3 is 2.63 bits per heavy atom. The summed E-state index contributed by atoms with van der Waals surface area (Å²) in [4.78, 5) is 34.1. The van der Waals surface area contributed by atoms with E-state index in [4.69, 9.17) is 13.9 Å². The lowest BCUT2D eigenvalue weighted by atomic mass is 10.1. The smallest absolute Gasteiger partial charge is 0.411 e. The minimum Gasteiger partial charge on any atom is -0.489 e. The Labute approximate surface area is 154 Å². The molecule has 7 heteroatoms. The normalized spacial score (nSPS) is 10.4. The average molecular weight is 367 g/mol. The van der Waals surface area contributed by atoms with Crippen LogP contribution in [0.5, 0.6) is 5.75 Å². The number of anilines is 1. The van der Waals surface area contributed by atoms with Gasteiger partial charge in [0.05, 0.1) is 6.61 Å². The first-order valence-corrected chi connectivity index (χ1v) is 8.27. The first-order chi connectivity index (χ1) is 13.1. The van der Waals surface area contributed by atoms with E-state index < -0.39 is 11.7 Å². The third-order valence-corrected chi connectivity index (χ3v) is 3.76. The second-order valence-electron chi connectivity index (χ2n) is 5.62. The highest BCUT2D eigenvalue weighted by molar-refractivity contribution is 5.89. The van der Waals surface area contributed by atoms with Gasteiger partial charge < -0.3 is 13.9 Å².